The van der Waals surface area contributed by atoms with Crippen LogP contribution in [-0.4, -0.2) is 30.0 Å². The van der Waals surface area contributed by atoms with Crippen molar-refractivity contribution < 1.29 is 14.6 Å². The molecule has 1 atom stereocenters. The van der Waals surface area contributed by atoms with Gasteiger partial charge in [-0.3, -0.25) is 4.79 Å². The molecule has 0 aliphatic heterocycles. The first-order chi connectivity index (χ1) is 8.63. The molecule has 4 nitrogen and oxygen atoms in total. The van der Waals surface area contributed by atoms with Crippen molar-refractivity contribution in [1.82, 2.24) is 5.32 Å². The van der Waals surface area contributed by atoms with Crippen LogP contribution in [0.5, 0.6) is 11.5 Å². The molecule has 1 aliphatic rings. The van der Waals surface area contributed by atoms with Gasteiger partial charge in [-0.2, -0.15) is 0 Å². The number of phenolic OH excluding ortho intramolecular Hbond substituents is 1. The van der Waals surface area contributed by atoms with E-state index in [0.717, 1.165) is 12.8 Å². The fourth-order valence-corrected chi connectivity index (χ4v) is 2.11. The minimum absolute atomic E-state index is 0.0262. The average molecular weight is 270 g/mol. The van der Waals surface area contributed by atoms with Crippen LogP contribution < -0.4 is 10.1 Å². The van der Waals surface area contributed by atoms with Crippen molar-refractivity contribution in [2.24, 2.45) is 5.92 Å². The smallest absolute Gasteiger partial charge is 0.255 e. The number of hydrogen-bond donors (Lipinski definition) is 2. The highest BCUT2D eigenvalue weighted by molar-refractivity contribution is 6.21. The lowest BCUT2D eigenvalue weighted by atomic mass is 10.1. The molecule has 1 aromatic carbocycles. The quantitative estimate of drug-likeness (QED) is 0.806. The van der Waals surface area contributed by atoms with E-state index in [1.807, 2.05) is 0 Å². The highest BCUT2D eigenvalue weighted by Gasteiger charge is 2.30. The van der Waals surface area contributed by atoms with E-state index in [-0.39, 0.29) is 28.3 Å². The Hall–Kier alpha value is -1.42. The van der Waals surface area contributed by atoms with Crippen LogP contribution in [0.2, 0.25) is 0 Å². The van der Waals surface area contributed by atoms with Crippen LogP contribution in [0.3, 0.4) is 0 Å². The summed E-state index contributed by atoms with van der Waals surface area (Å²) >= 11 is 6.11. The Kier molecular flexibility index (Phi) is 3.97. The van der Waals surface area contributed by atoms with Crippen LogP contribution in [0.25, 0.3) is 0 Å². The number of nitrogens with one attached hydrogen (secondary N) is 1. The molecule has 0 aromatic heterocycles. The van der Waals surface area contributed by atoms with E-state index in [9.17, 15) is 9.90 Å². The zero-order valence-electron chi connectivity index (χ0n) is 10.1. The number of rotatable bonds is 5. The second-order valence-electron chi connectivity index (χ2n) is 4.42. The van der Waals surface area contributed by atoms with Gasteiger partial charge < -0.3 is 15.2 Å². The van der Waals surface area contributed by atoms with Crippen LogP contribution in [0.15, 0.2) is 18.2 Å². The van der Waals surface area contributed by atoms with E-state index in [0.29, 0.717) is 12.5 Å². The monoisotopic (exact) mass is 269 g/mol. The molecule has 1 fully saturated rings. The summed E-state index contributed by atoms with van der Waals surface area (Å²) < 4.78 is 4.95. The van der Waals surface area contributed by atoms with Crippen LogP contribution >= 0.6 is 11.6 Å². The zero-order chi connectivity index (χ0) is 13.1. The summed E-state index contributed by atoms with van der Waals surface area (Å²) in [7, 11) is 1.44. The molecule has 98 valence electrons. The number of phenols is 1. The van der Waals surface area contributed by atoms with Gasteiger partial charge in [0.2, 0.25) is 0 Å². The molecule has 1 amide bonds. The third-order valence-electron chi connectivity index (χ3n) is 3.05. The summed E-state index contributed by atoms with van der Waals surface area (Å²) in [5.41, 5.74) is 0.203. The van der Waals surface area contributed by atoms with Crippen LogP contribution in [0.1, 0.15) is 23.2 Å². The number of halogens is 1. The highest BCUT2D eigenvalue weighted by atomic mass is 35.5. The fourth-order valence-electron chi connectivity index (χ4n) is 1.78. The van der Waals surface area contributed by atoms with Gasteiger partial charge in [0, 0.05) is 6.54 Å². The van der Waals surface area contributed by atoms with Crippen LogP contribution in [0.4, 0.5) is 0 Å². The second-order valence-corrected chi connectivity index (χ2v) is 4.98. The summed E-state index contributed by atoms with van der Waals surface area (Å²) in [6, 6.07) is 4.81. The van der Waals surface area contributed by atoms with E-state index < -0.39 is 0 Å². The maximum atomic E-state index is 11.9. The Morgan fingerprint density at radius 3 is 2.94 bits per heavy atom. The molecule has 0 heterocycles. The summed E-state index contributed by atoms with van der Waals surface area (Å²) in [5.74, 6) is 0.325. The SMILES string of the molecule is COc1cccc(C(=O)NCC(Cl)C2CC2)c1O. The predicted molar refractivity (Wildman–Crippen MR) is 69.4 cm³/mol. The van der Waals surface area contributed by atoms with Gasteiger partial charge in [0.05, 0.1) is 18.1 Å². The van der Waals surface area contributed by atoms with Crippen molar-refractivity contribution in [2.45, 2.75) is 18.2 Å². The molecule has 1 unspecified atom stereocenters. The van der Waals surface area contributed by atoms with E-state index >= 15 is 0 Å². The number of hydrogen-bond acceptors (Lipinski definition) is 3. The molecule has 0 spiro atoms. The van der Waals surface area contributed by atoms with Gasteiger partial charge in [0.15, 0.2) is 11.5 Å². The Bertz CT molecular complexity index is 446. The molecule has 1 aromatic rings. The van der Waals surface area contributed by atoms with E-state index in [1.54, 1.807) is 18.2 Å². The Balaban J connectivity index is 1.99. The molecule has 5 heteroatoms. The lowest BCUT2D eigenvalue weighted by molar-refractivity contribution is 0.0949. The second kappa shape index (κ2) is 5.48. The molecular formula is C13H16ClNO3. The first kappa shape index (κ1) is 13.0. The minimum atomic E-state index is -0.335. The van der Waals surface area contributed by atoms with Crippen LogP contribution in [-0.2, 0) is 0 Å². The Labute approximate surface area is 111 Å². The maximum Gasteiger partial charge on any atom is 0.255 e. The average Bonchev–Trinajstić information content (AvgIpc) is 3.20. The van der Waals surface area contributed by atoms with Gasteiger partial charge in [0.1, 0.15) is 0 Å². The summed E-state index contributed by atoms with van der Waals surface area (Å²) in [6.45, 7) is 0.418. The van der Waals surface area contributed by atoms with Crippen molar-refractivity contribution in [1.29, 1.82) is 0 Å². The zero-order valence-corrected chi connectivity index (χ0v) is 10.9. The standard InChI is InChI=1S/C13H16ClNO3/c1-18-11-4-2-3-9(12(11)16)13(17)15-7-10(14)8-5-6-8/h2-4,8,10,16H,5-7H2,1H3,(H,15,17). The van der Waals surface area contributed by atoms with Crippen molar-refractivity contribution >= 4 is 17.5 Å². The molecule has 1 saturated carbocycles. The van der Waals surface area contributed by atoms with Crippen molar-refractivity contribution in [3.63, 3.8) is 0 Å². The number of amides is 1. The summed E-state index contributed by atoms with van der Waals surface area (Å²) in [4.78, 5) is 11.9. The first-order valence-electron chi connectivity index (χ1n) is 5.91. The Morgan fingerprint density at radius 1 is 1.61 bits per heavy atom. The van der Waals surface area contributed by atoms with Gasteiger partial charge in [-0.05, 0) is 30.9 Å². The van der Waals surface area contributed by atoms with Gasteiger partial charge in [-0.1, -0.05) is 6.07 Å². The fraction of sp³-hybridized carbons (Fsp3) is 0.462. The number of aromatic hydroxyl groups is 1. The number of carbonyl (C=O) groups excluding carboxylic acids is 1. The third kappa shape index (κ3) is 2.88. The Morgan fingerprint density at radius 2 is 2.33 bits per heavy atom. The van der Waals surface area contributed by atoms with Gasteiger partial charge in [0.25, 0.3) is 5.91 Å². The maximum absolute atomic E-state index is 11.9. The highest BCUT2D eigenvalue weighted by Crippen LogP contribution is 2.35. The molecule has 18 heavy (non-hydrogen) atoms. The van der Waals surface area contributed by atoms with Crippen LogP contribution in [0, 0.1) is 5.92 Å². The number of carbonyl (C=O) groups is 1. The predicted octanol–water partition coefficient (Wildman–Crippen LogP) is 2.15. The third-order valence-corrected chi connectivity index (χ3v) is 3.57. The number of para-hydroxylation sites is 1. The topological polar surface area (TPSA) is 58.6 Å². The van der Waals surface area contributed by atoms with Gasteiger partial charge >= 0.3 is 0 Å². The molecule has 2 N–H and O–H groups in total. The number of alkyl halides is 1. The summed E-state index contributed by atoms with van der Waals surface area (Å²) in [6.07, 6.45) is 2.27. The molecule has 2 rings (SSSR count). The molecule has 0 bridgehead atoms. The van der Waals surface area contributed by atoms with Crippen molar-refractivity contribution in [3.05, 3.63) is 23.8 Å². The van der Waals surface area contributed by atoms with E-state index in [4.69, 9.17) is 16.3 Å². The molecule has 1 aliphatic carbocycles. The molecule has 0 saturated heterocycles. The lowest BCUT2D eigenvalue weighted by Gasteiger charge is -2.11. The lowest BCUT2D eigenvalue weighted by Crippen LogP contribution is -2.30. The van der Waals surface area contributed by atoms with Gasteiger partial charge in [-0.15, -0.1) is 11.6 Å². The largest absolute Gasteiger partial charge is 0.504 e. The summed E-state index contributed by atoms with van der Waals surface area (Å²) in [5, 5.41) is 12.5. The van der Waals surface area contributed by atoms with Crippen molar-refractivity contribution in [3.8, 4) is 11.5 Å². The minimum Gasteiger partial charge on any atom is -0.504 e. The van der Waals surface area contributed by atoms with Gasteiger partial charge in [-0.25, -0.2) is 0 Å². The number of ether oxygens (including phenoxy) is 1. The van der Waals surface area contributed by atoms with E-state index in [2.05, 4.69) is 5.32 Å². The normalized spacial score (nSPS) is 16.1. The first-order valence-corrected chi connectivity index (χ1v) is 6.35. The van der Waals surface area contributed by atoms with Crippen molar-refractivity contribution in [2.75, 3.05) is 13.7 Å². The number of benzene rings is 1. The number of methoxy groups -OCH3 is 1. The van der Waals surface area contributed by atoms with E-state index in [1.165, 1.54) is 7.11 Å². The molecule has 0 radical (unpaired) electrons. The molecular weight excluding hydrogens is 254 g/mol.